The maximum absolute atomic E-state index is 6.07. The molecule has 0 unspecified atom stereocenters. The molecule has 0 radical (unpaired) electrons. The van der Waals surface area contributed by atoms with Crippen molar-refractivity contribution < 1.29 is 0 Å². The van der Waals surface area contributed by atoms with Crippen LogP contribution in [0.1, 0.15) is 43.2 Å². The molecular formula is C15H18IN3. The third-order valence-corrected chi connectivity index (χ3v) is 4.93. The average molecular weight is 367 g/mol. The van der Waals surface area contributed by atoms with E-state index in [1.807, 2.05) is 10.9 Å². The van der Waals surface area contributed by atoms with Gasteiger partial charge in [-0.25, -0.2) is 4.68 Å². The van der Waals surface area contributed by atoms with Crippen molar-refractivity contribution in [2.24, 2.45) is 0 Å². The van der Waals surface area contributed by atoms with E-state index in [1.165, 1.54) is 31.2 Å². The van der Waals surface area contributed by atoms with Gasteiger partial charge in [0.15, 0.2) is 0 Å². The van der Waals surface area contributed by atoms with Crippen LogP contribution in [0.25, 0.3) is 0 Å². The predicted molar refractivity (Wildman–Crippen MR) is 86.0 cm³/mol. The molecule has 0 spiro atoms. The maximum Gasteiger partial charge on any atom is 0.135 e. The minimum absolute atomic E-state index is 0.475. The average Bonchev–Trinajstić information content (AvgIpc) is 2.80. The first kappa shape index (κ1) is 13.0. The van der Waals surface area contributed by atoms with Gasteiger partial charge in [-0.15, -0.1) is 0 Å². The molecule has 100 valence electrons. The van der Waals surface area contributed by atoms with E-state index in [2.05, 4.69) is 58.0 Å². The molecule has 19 heavy (non-hydrogen) atoms. The molecule has 0 atom stereocenters. The number of benzene rings is 1. The van der Waals surface area contributed by atoms with E-state index in [1.54, 1.807) is 0 Å². The second kappa shape index (κ2) is 5.53. The highest BCUT2D eigenvalue weighted by molar-refractivity contribution is 14.1. The molecule has 3 rings (SSSR count). The Bertz CT molecular complexity index is 542. The topological polar surface area (TPSA) is 43.8 Å². The number of hydrogen-bond donors (Lipinski definition) is 1. The van der Waals surface area contributed by atoms with Gasteiger partial charge in [0, 0.05) is 0 Å². The lowest BCUT2D eigenvalue weighted by Crippen LogP contribution is -2.19. The number of rotatable bonds is 2. The van der Waals surface area contributed by atoms with E-state index >= 15 is 0 Å². The van der Waals surface area contributed by atoms with Crippen molar-refractivity contribution >= 4 is 28.4 Å². The van der Waals surface area contributed by atoms with Crippen LogP contribution >= 0.6 is 22.6 Å². The monoisotopic (exact) mass is 367 g/mol. The SMILES string of the molecule is Nc1c(I)cnn1C1CCC(c2ccccc2)CC1. The summed E-state index contributed by atoms with van der Waals surface area (Å²) in [5.74, 6) is 1.53. The minimum atomic E-state index is 0.475. The second-order valence-electron chi connectivity index (χ2n) is 5.24. The highest BCUT2D eigenvalue weighted by atomic mass is 127. The number of nitrogen functional groups attached to an aromatic ring is 1. The van der Waals surface area contributed by atoms with Gasteiger partial charge in [-0.3, -0.25) is 0 Å². The highest BCUT2D eigenvalue weighted by Crippen LogP contribution is 2.38. The van der Waals surface area contributed by atoms with Gasteiger partial charge >= 0.3 is 0 Å². The molecule has 3 nitrogen and oxygen atoms in total. The number of nitrogens with two attached hydrogens (primary N) is 1. The Labute approximate surface area is 127 Å². The van der Waals surface area contributed by atoms with Crippen LogP contribution in [0, 0.1) is 3.57 Å². The van der Waals surface area contributed by atoms with Crippen molar-refractivity contribution in [2.45, 2.75) is 37.6 Å². The van der Waals surface area contributed by atoms with Crippen molar-refractivity contribution in [3.8, 4) is 0 Å². The standard InChI is InChI=1S/C15H18IN3/c16-14-10-18-19(15(14)17)13-8-6-12(7-9-13)11-4-2-1-3-5-11/h1-5,10,12-13H,6-9,17H2. The largest absolute Gasteiger partial charge is 0.383 e. The first-order chi connectivity index (χ1) is 9.25. The Morgan fingerprint density at radius 1 is 1.11 bits per heavy atom. The van der Waals surface area contributed by atoms with Crippen molar-refractivity contribution in [2.75, 3.05) is 5.73 Å². The summed E-state index contributed by atoms with van der Waals surface area (Å²) in [6.45, 7) is 0. The Hall–Kier alpha value is -1.04. The molecule has 1 aliphatic rings. The predicted octanol–water partition coefficient (Wildman–Crippen LogP) is 3.97. The summed E-state index contributed by atoms with van der Waals surface area (Å²) in [6, 6.07) is 11.3. The lowest BCUT2D eigenvalue weighted by atomic mass is 9.82. The van der Waals surface area contributed by atoms with Gasteiger partial charge in [-0.2, -0.15) is 5.10 Å². The molecule has 1 aromatic carbocycles. The first-order valence-corrected chi connectivity index (χ1v) is 7.87. The van der Waals surface area contributed by atoms with Crippen LogP contribution in [0.5, 0.6) is 0 Å². The second-order valence-corrected chi connectivity index (χ2v) is 6.40. The number of halogens is 1. The molecular weight excluding hydrogens is 349 g/mol. The first-order valence-electron chi connectivity index (χ1n) is 6.79. The fraction of sp³-hybridized carbons (Fsp3) is 0.400. The number of aromatic nitrogens is 2. The summed E-state index contributed by atoms with van der Waals surface area (Å²) in [6.07, 6.45) is 6.65. The van der Waals surface area contributed by atoms with Crippen LogP contribution in [0.15, 0.2) is 36.5 Å². The van der Waals surface area contributed by atoms with E-state index in [0.717, 1.165) is 9.39 Å². The van der Waals surface area contributed by atoms with E-state index < -0.39 is 0 Å². The van der Waals surface area contributed by atoms with Crippen molar-refractivity contribution in [1.29, 1.82) is 0 Å². The van der Waals surface area contributed by atoms with Crippen LogP contribution in [0.4, 0.5) is 5.82 Å². The molecule has 0 amide bonds. The van der Waals surface area contributed by atoms with E-state index in [4.69, 9.17) is 5.73 Å². The number of anilines is 1. The van der Waals surface area contributed by atoms with Gasteiger partial charge in [0.25, 0.3) is 0 Å². The van der Waals surface area contributed by atoms with Crippen LogP contribution in [-0.4, -0.2) is 9.78 Å². The third-order valence-electron chi connectivity index (χ3n) is 4.10. The quantitative estimate of drug-likeness (QED) is 0.817. The summed E-state index contributed by atoms with van der Waals surface area (Å²) in [5, 5.41) is 4.42. The van der Waals surface area contributed by atoms with Crippen LogP contribution < -0.4 is 5.73 Å². The van der Waals surface area contributed by atoms with Gasteiger partial charge in [-0.05, 0) is 59.8 Å². The maximum atomic E-state index is 6.07. The number of hydrogen-bond acceptors (Lipinski definition) is 2. The van der Waals surface area contributed by atoms with Gasteiger partial charge in [-0.1, -0.05) is 30.3 Å². The van der Waals surface area contributed by atoms with E-state index in [9.17, 15) is 0 Å². The molecule has 1 aromatic heterocycles. The molecule has 0 aliphatic heterocycles. The zero-order valence-corrected chi connectivity index (χ0v) is 13.0. The molecule has 1 aliphatic carbocycles. The van der Waals surface area contributed by atoms with E-state index in [0.29, 0.717) is 12.0 Å². The fourth-order valence-electron chi connectivity index (χ4n) is 3.02. The minimum Gasteiger partial charge on any atom is -0.383 e. The van der Waals surface area contributed by atoms with Crippen LogP contribution in [-0.2, 0) is 0 Å². The molecule has 2 aromatic rings. The lowest BCUT2D eigenvalue weighted by Gasteiger charge is -2.29. The summed E-state index contributed by atoms with van der Waals surface area (Å²) in [7, 11) is 0. The Morgan fingerprint density at radius 2 is 1.79 bits per heavy atom. The zero-order valence-electron chi connectivity index (χ0n) is 10.8. The molecule has 4 heteroatoms. The van der Waals surface area contributed by atoms with Gasteiger partial charge in [0.2, 0.25) is 0 Å². The van der Waals surface area contributed by atoms with Gasteiger partial charge in [0.05, 0.1) is 15.8 Å². The molecule has 0 saturated heterocycles. The summed E-state index contributed by atoms with van der Waals surface area (Å²) < 4.78 is 3.07. The van der Waals surface area contributed by atoms with Crippen LogP contribution in [0.2, 0.25) is 0 Å². The normalized spacial score (nSPS) is 23.4. The van der Waals surface area contributed by atoms with Crippen molar-refractivity contribution in [3.05, 3.63) is 45.7 Å². The van der Waals surface area contributed by atoms with Crippen molar-refractivity contribution in [1.82, 2.24) is 9.78 Å². The molecule has 2 N–H and O–H groups in total. The fourth-order valence-corrected chi connectivity index (χ4v) is 3.39. The lowest BCUT2D eigenvalue weighted by molar-refractivity contribution is 0.307. The summed E-state index contributed by atoms with van der Waals surface area (Å²) in [5.41, 5.74) is 7.55. The smallest absolute Gasteiger partial charge is 0.135 e. The van der Waals surface area contributed by atoms with Gasteiger partial charge in [0.1, 0.15) is 5.82 Å². The molecule has 0 bridgehead atoms. The van der Waals surface area contributed by atoms with Crippen LogP contribution in [0.3, 0.4) is 0 Å². The Balaban J connectivity index is 1.68. The zero-order chi connectivity index (χ0) is 13.2. The highest BCUT2D eigenvalue weighted by Gasteiger charge is 2.25. The van der Waals surface area contributed by atoms with Gasteiger partial charge < -0.3 is 5.73 Å². The summed E-state index contributed by atoms with van der Waals surface area (Å²) in [4.78, 5) is 0. The molecule has 1 saturated carbocycles. The van der Waals surface area contributed by atoms with E-state index in [-0.39, 0.29) is 0 Å². The number of nitrogens with zero attached hydrogens (tertiary/aromatic N) is 2. The molecule has 1 fully saturated rings. The Kier molecular flexibility index (Phi) is 3.77. The third kappa shape index (κ3) is 2.63. The Morgan fingerprint density at radius 3 is 2.37 bits per heavy atom. The van der Waals surface area contributed by atoms with Crippen molar-refractivity contribution in [3.63, 3.8) is 0 Å². The molecule has 1 heterocycles. The summed E-state index contributed by atoms with van der Waals surface area (Å²) >= 11 is 2.25.